The molecule has 0 aromatic heterocycles. The van der Waals surface area contributed by atoms with Crippen molar-refractivity contribution in [3.05, 3.63) is 23.8 Å². The summed E-state index contributed by atoms with van der Waals surface area (Å²) in [5, 5.41) is 7.94. The van der Waals surface area contributed by atoms with Gasteiger partial charge in [0.1, 0.15) is 0 Å². The van der Waals surface area contributed by atoms with E-state index in [4.69, 9.17) is 5.14 Å². The van der Waals surface area contributed by atoms with Crippen LogP contribution in [0.1, 0.15) is 25.3 Å². The van der Waals surface area contributed by atoms with Crippen LogP contribution in [0.2, 0.25) is 0 Å². The largest absolute Gasteiger partial charge is 0.325 e. The van der Waals surface area contributed by atoms with Crippen molar-refractivity contribution in [3.8, 4) is 0 Å². The molecule has 2 amide bonds. The Labute approximate surface area is 125 Å². The lowest BCUT2D eigenvalue weighted by Crippen LogP contribution is -2.40. The Morgan fingerprint density at radius 3 is 2.52 bits per heavy atom. The summed E-state index contributed by atoms with van der Waals surface area (Å²) in [5.41, 5.74) is 0.934. The minimum Gasteiger partial charge on any atom is -0.325 e. The van der Waals surface area contributed by atoms with Crippen LogP contribution >= 0.6 is 0 Å². The zero-order valence-electron chi connectivity index (χ0n) is 12.3. The van der Waals surface area contributed by atoms with Crippen molar-refractivity contribution in [1.29, 1.82) is 0 Å². The van der Waals surface area contributed by atoms with Crippen LogP contribution in [-0.4, -0.2) is 32.4 Å². The number of piperidine rings is 1. The van der Waals surface area contributed by atoms with Crippen molar-refractivity contribution in [2.45, 2.75) is 31.6 Å². The monoisotopic (exact) mass is 311 g/mol. The predicted octanol–water partition coefficient (Wildman–Crippen LogP) is 1.91. The Morgan fingerprint density at radius 1 is 1.33 bits per heavy atom. The third-order valence-electron chi connectivity index (χ3n) is 3.90. The maximum Gasteiger partial charge on any atom is 0.321 e. The number of rotatable bonds is 2. The van der Waals surface area contributed by atoms with E-state index >= 15 is 0 Å². The number of nitrogens with one attached hydrogen (secondary N) is 1. The van der Waals surface area contributed by atoms with Crippen molar-refractivity contribution < 1.29 is 13.2 Å². The van der Waals surface area contributed by atoms with Gasteiger partial charge in [0.25, 0.3) is 0 Å². The molecule has 0 radical (unpaired) electrons. The van der Waals surface area contributed by atoms with Crippen molar-refractivity contribution in [2.24, 2.45) is 11.1 Å². The van der Waals surface area contributed by atoms with E-state index in [1.807, 2.05) is 0 Å². The Morgan fingerprint density at radius 2 is 1.95 bits per heavy atom. The van der Waals surface area contributed by atoms with Gasteiger partial charge in [0, 0.05) is 18.8 Å². The van der Waals surface area contributed by atoms with Crippen molar-refractivity contribution in [2.75, 3.05) is 18.4 Å². The molecule has 0 saturated carbocycles. The van der Waals surface area contributed by atoms with Gasteiger partial charge in [-0.1, -0.05) is 13.0 Å². The van der Waals surface area contributed by atoms with Crippen LogP contribution in [0.3, 0.4) is 0 Å². The van der Waals surface area contributed by atoms with Gasteiger partial charge >= 0.3 is 6.03 Å². The van der Waals surface area contributed by atoms with E-state index in [1.165, 1.54) is 6.07 Å². The van der Waals surface area contributed by atoms with Crippen LogP contribution in [0.4, 0.5) is 10.5 Å². The number of likely N-dealkylation sites (tertiary alicyclic amines) is 1. The van der Waals surface area contributed by atoms with Crippen LogP contribution < -0.4 is 10.5 Å². The zero-order valence-corrected chi connectivity index (χ0v) is 13.1. The first kappa shape index (κ1) is 15.8. The molecule has 0 atom stereocenters. The first-order valence-electron chi connectivity index (χ1n) is 6.97. The molecule has 1 aromatic carbocycles. The van der Waals surface area contributed by atoms with Crippen molar-refractivity contribution in [3.63, 3.8) is 0 Å². The molecule has 1 saturated heterocycles. The van der Waals surface area contributed by atoms with Crippen LogP contribution in [0, 0.1) is 12.8 Å². The maximum absolute atomic E-state index is 12.2. The van der Waals surface area contributed by atoms with E-state index in [1.54, 1.807) is 24.0 Å². The molecule has 6 nitrogen and oxygen atoms in total. The standard InChI is InChI=1S/C14H21N3O3S/c1-10-6-8-17(9-7-10)14(18)16-12-4-3-5-13(11(12)2)21(15,19)20/h3-5,10H,6-9H2,1-2H3,(H,16,18)(H2,15,19,20). The highest BCUT2D eigenvalue weighted by Crippen LogP contribution is 2.23. The molecule has 21 heavy (non-hydrogen) atoms. The Hall–Kier alpha value is -1.60. The van der Waals surface area contributed by atoms with Crippen LogP contribution in [-0.2, 0) is 10.0 Å². The number of anilines is 1. The molecular formula is C14H21N3O3S. The van der Waals surface area contributed by atoms with Crippen LogP contribution in [0.5, 0.6) is 0 Å². The summed E-state index contributed by atoms with van der Waals surface area (Å²) in [5.74, 6) is 0.640. The van der Waals surface area contributed by atoms with Gasteiger partial charge in [-0.15, -0.1) is 0 Å². The topological polar surface area (TPSA) is 92.5 Å². The fourth-order valence-electron chi connectivity index (χ4n) is 2.46. The number of nitrogens with two attached hydrogens (primary N) is 1. The van der Waals surface area contributed by atoms with Crippen LogP contribution in [0.25, 0.3) is 0 Å². The molecule has 3 N–H and O–H groups in total. The number of nitrogens with zero attached hydrogens (tertiary/aromatic N) is 1. The fraction of sp³-hybridized carbons (Fsp3) is 0.500. The molecular weight excluding hydrogens is 290 g/mol. The molecule has 1 aliphatic rings. The normalized spacial score (nSPS) is 16.8. The van der Waals surface area contributed by atoms with E-state index in [9.17, 15) is 13.2 Å². The SMILES string of the molecule is Cc1c(NC(=O)N2CCC(C)CC2)cccc1S(N)(=O)=O. The molecule has 1 aromatic rings. The number of sulfonamides is 1. The molecule has 0 aliphatic carbocycles. The quantitative estimate of drug-likeness (QED) is 0.873. The molecule has 0 spiro atoms. The predicted molar refractivity (Wildman–Crippen MR) is 81.5 cm³/mol. The van der Waals surface area contributed by atoms with E-state index in [-0.39, 0.29) is 10.9 Å². The summed E-state index contributed by atoms with van der Waals surface area (Å²) in [6.07, 6.45) is 1.98. The second-order valence-corrected chi connectivity index (χ2v) is 7.10. The molecule has 1 aliphatic heterocycles. The fourth-order valence-corrected chi connectivity index (χ4v) is 3.27. The van der Waals surface area contributed by atoms with E-state index in [0.717, 1.165) is 25.9 Å². The molecule has 1 heterocycles. The molecule has 1 fully saturated rings. The molecule has 0 unspecified atom stereocenters. The summed E-state index contributed by atoms with van der Waals surface area (Å²) < 4.78 is 23.0. The molecule has 2 rings (SSSR count). The number of urea groups is 1. The Bertz CT molecular complexity index is 635. The maximum atomic E-state index is 12.2. The zero-order chi connectivity index (χ0) is 15.6. The minimum absolute atomic E-state index is 0.0348. The summed E-state index contributed by atoms with van der Waals surface area (Å²) in [7, 11) is -3.79. The molecule has 116 valence electrons. The number of carbonyl (C=O) groups excluding carboxylic acids is 1. The summed E-state index contributed by atoms with van der Waals surface area (Å²) in [4.78, 5) is 14.0. The summed E-state index contributed by atoms with van der Waals surface area (Å²) in [6, 6.07) is 4.48. The lowest BCUT2D eigenvalue weighted by atomic mass is 10.00. The Kier molecular flexibility index (Phi) is 4.53. The van der Waals surface area contributed by atoms with Gasteiger partial charge in [-0.05, 0) is 43.4 Å². The third-order valence-corrected chi connectivity index (χ3v) is 4.96. The van der Waals surface area contributed by atoms with Crippen molar-refractivity contribution >= 4 is 21.7 Å². The number of benzene rings is 1. The first-order valence-corrected chi connectivity index (χ1v) is 8.52. The van der Waals surface area contributed by atoms with Gasteiger partial charge in [-0.2, -0.15) is 0 Å². The van der Waals surface area contributed by atoms with Gasteiger partial charge in [-0.25, -0.2) is 18.4 Å². The summed E-state index contributed by atoms with van der Waals surface area (Å²) >= 11 is 0. The van der Waals surface area contributed by atoms with Gasteiger partial charge in [0.05, 0.1) is 4.90 Å². The highest BCUT2D eigenvalue weighted by Gasteiger charge is 2.21. The Balaban J connectivity index is 2.15. The second kappa shape index (κ2) is 6.03. The van der Waals surface area contributed by atoms with Gasteiger partial charge in [0.2, 0.25) is 10.0 Å². The highest BCUT2D eigenvalue weighted by atomic mass is 32.2. The highest BCUT2D eigenvalue weighted by molar-refractivity contribution is 7.89. The lowest BCUT2D eigenvalue weighted by molar-refractivity contribution is 0.186. The van der Waals surface area contributed by atoms with Gasteiger partial charge in [-0.3, -0.25) is 0 Å². The third kappa shape index (κ3) is 3.74. The smallest absolute Gasteiger partial charge is 0.321 e. The first-order chi connectivity index (χ1) is 9.79. The number of hydrogen-bond donors (Lipinski definition) is 2. The number of hydrogen-bond acceptors (Lipinski definition) is 3. The molecule has 0 bridgehead atoms. The van der Waals surface area contributed by atoms with Gasteiger partial charge < -0.3 is 10.2 Å². The minimum atomic E-state index is -3.79. The van der Waals surface area contributed by atoms with E-state index < -0.39 is 10.0 Å². The van der Waals surface area contributed by atoms with E-state index in [2.05, 4.69) is 12.2 Å². The van der Waals surface area contributed by atoms with E-state index in [0.29, 0.717) is 17.2 Å². The van der Waals surface area contributed by atoms with Gasteiger partial charge in [0.15, 0.2) is 0 Å². The average molecular weight is 311 g/mol. The average Bonchev–Trinajstić information content (AvgIpc) is 2.40. The number of primary sulfonamides is 1. The lowest BCUT2D eigenvalue weighted by Gasteiger charge is -2.30. The second-order valence-electron chi connectivity index (χ2n) is 5.57. The van der Waals surface area contributed by atoms with Crippen LogP contribution in [0.15, 0.2) is 23.1 Å². The number of carbonyl (C=O) groups is 1. The molecule has 7 heteroatoms. The van der Waals surface area contributed by atoms with Crippen molar-refractivity contribution in [1.82, 2.24) is 4.90 Å². The summed E-state index contributed by atoms with van der Waals surface area (Å²) in [6.45, 7) is 5.25. The number of amides is 2.